The van der Waals surface area contributed by atoms with Crippen LogP contribution in [0.25, 0.3) is 0 Å². The summed E-state index contributed by atoms with van der Waals surface area (Å²) < 4.78 is 10.7. The van der Waals surface area contributed by atoms with Gasteiger partial charge >= 0.3 is 5.97 Å². The lowest BCUT2D eigenvalue weighted by molar-refractivity contribution is -0.161. The number of methoxy groups -OCH3 is 1. The molecule has 3 rings (SSSR count). The summed E-state index contributed by atoms with van der Waals surface area (Å²) in [5.41, 5.74) is 1.02. The van der Waals surface area contributed by atoms with Gasteiger partial charge < -0.3 is 9.15 Å². The topological polar surface area (TPSA) is 39.4 Å². The second-order valence-electron chi connectivity index (χ2n) is 6.53. The molecular formula is C16H22O3. The van der Waals surface area contributed by atoms with Gasteiger partial charge in [-0.25, -0.2) is 0 Å². The largest absolute Gasteiger partial charge is 0.469 e. The molecule has 1 fully saturated rings. The lowest BCUT2D eigenvalue weighted by Crippen LogP contribution is -2.52. The van der Waals surface area contributed by atoms with Crippen molar-refractivity contribution in [3.63, 3.8) is 0 Å². The van der Waals surface area contributed by atoms with E-state index in [4.69, 9.17) is 9.15 Å². The highest BCUT2D eigenvalue weighted by Gasteiger charge is 2.56. The van der Waals surface area contributed by atoms with Crippen molar-refractivity contribution in [3.05, 3.63) is 23.7 Å². The van der Waals surface area contributed by atoms with E-state index in [1.165, 1.54) is 12.7 Å². The zero-order chi connectivity index (χ0) is 13.7. The van der Waals surface area contributed by atoms with E-state index in [-0.39, 0.29) is 16.8 Å². The number of hydrogen-bond acceptors (Lipinski definition) is 3. The van der Waals surface area contributed by atoms with Gasteiger partial charge in [0.1, 0.15) is 5.76 Å². The number of carbonyl (C=O) groups excluding carboxylic acids is 1. The van der Waals surface area contributed by atoms with E-state index in [1.807, 2.05) is 0 Å². The average Bonchev–Trinajstić information content (AvgIpc) is 2.87. The molecule has 3 atom stereocenters. The van der Waals surface area contributed by atoms with Gasteiger partial charge in [0.15, 0.2) is 0 Å². The Morgan fingerprint density at radius 2 is 2.21 bits per heavy atom. The molecule has 0 radical (unpaired) electrons. The second-order valence-corrected chi connectivity index (χ2v) is 6.53. The summed E-state index contributed by atoms with van der Waals surface area (Å²) in [5.74, 6) is 1.43. The van der Waals surface area contributed by atoms with Crippen LogP contribution in [0.15, 0.2) is 16.7 Å². The van der Waals surface area contributed by atoms with E-state index in [0.29, 0.717) is 5.92 Å². The minimum absolute atomic E-state index is 0.0460. The van der Waals surface area contributed by atoms with Crippen molar-refractivity contribution in [1.82, 2.24) is 0 Å². The molecule has 2 aliphatic carbocycles. The summed E-state index contributed by atoms with van der Waals surface area (Å²) in [5, 5.41) is 0. The Kier molecular flexibility index (Phi) is 2.77. The first-order valence-corrected chi connectivity index (χ1v) is 7.17. The molecule has 0 amide bonds. The first-order valence-electron chi connectivity index (χ1n) is 7.17. The molecule has 0 spiro atoms. The number of esters is 1. The lowest BCUT2D eigenvalue weighted by Gasteiger charge is -2.52. The highest BCUT2D eigenvalue weighted by molar-refractivity contribution is 5.77. The van der Waals surface area contributed by atoms with Crippen LogP contribution in [0.5, 0.6) is 0 Å². The maximum absolute atomic E-state index is 12.3. The van der Waals surface area contributed by atoms with Crippen molar-refractivity contribution in [2.45, 2.75) is 51.4 Å². The summed E-state index contributed by atoms with van der Waals surface area (Å²) in [6.07, 6.45) is 6.90. The number of aryl methyl sites for hydroxylation is 1. The molecule has 0 bridgehead atoms. The van der Waals surface area contributed by atoms with Crippen LogP contribution in [0.3, 0.4) is 0 Å². The molecule has 0 N–H and O–H groups in total. The Labute approximate surface area is 114 Å². The molecule has 3 heteroatoms. The van der Waals surface area contributed by atoms with Gasteiger partial charge in [-0.05, 0) is 49.1 Å². The Morgan fingerprint density at radius 1 is 1.42 bits per heavy atom. The van der Waals surface area contributed by atoms with Crippen molar-refractivity contribution < 1.29 is 13.9 Å². The third-order valence-electron chi connectivity index (χ3n) is 5.60. The van der Waals surface area contributed by atoms with E-state index >= 15 is 0 Å². The van der Waals surface area contributed by atoms with Crippen molar-refractivity contribution >= 4 is 5.97 Å². The van der Waals surface area contributed by atoms with Crippen LogP contribution in [0.2, 0.25) is 0 Å². The number of ether oxygens (including phenoxy) is 1. The summed E-state index contributed by atoms with van der Waals surface area (Å²) in [6.45, 7) is 4.39. The molecule has 1 aromatic rings. The predicted octanol–water partition coefficient (Wildman–Crippen LogP) is 3.46. The summed E-state index contributed by atoms with van der Waals surface area (Å²) in [7, 11) is 1.51. The zero-order valence-corrected chi connectivity index (χ0v) is 12.0. The van der Waals surface area contributed by atoms with Crippen LogP contribution in [0.1, 0.15) is 50.9 Å². The van der Waals surface area contributed by atoms with Crippen molar-refractivity contribution in [3.8, 4) is 0 Å². The Bertz CT molecular complexity index is 504. The van der Waals surface area contributed by atoms with Gasteiger partial charge in [-0.1, -0.05) is 13.3 Å². The monoisotopic (exact) mass is 262 g/mol. The minimum atomic E-state index is -0.350. The van der Waals surface area contributed by atoms with Crippen LogP contribution >= 0.6 is 0 Å². The van der Waals surface area contributed by atoms with Crippen molar-refractivity contribution in [1.29, 1.82) is 0 Å². The normalized spacial score (nSPS) is 37.3. The second kappa shape index (κ2) is 4.12. The summed E-state index contributed by atoms with van der Waals surface area (Å²) >= 11 is 0. The van der Waals surface area contributed by atoms with Crippen molar-refractivity contribution in [2.24, 2.45) is 11.3 Å². The third kappa shape index (κ3) is 1.60. The lowest BCUT2D eigenvalue weighted by atomic mass is 9.50. The van der Waals surface area contributed by atoms with Gasteiger partial charge in [0.05, 0.1) is 18.8 Å². The molecule has 1 heterocycles. The maximum atomic E-state index is 12.3. The van der Waals surface area contributed by atoms with E-state index in [0.717, 1.165) is 37.9 Å². The number of rotatable bonds is 1. The molecule has 104 valence electrons. The summed E-state index contributed by atoms with van der Waals surface area (Å²) in [4.78, 5) is 12.3. The van der Waals surface area contributed by atoms with E-state index in [9.17, 15) is 4.79 Å². The van der Waals surface area contributed by atoms with Crippen LogP contribution in [-0.4, -0.2) is 13.1 Å². The molecule has 1 aromatic heterocycles. The van der Waals surface area contributed by atoms with Gasteiger partial charge in [-0.3, -0.25) is 4.79 Å². The fourth-order valence-corrected chi connectivity index (χ4v) is 4.63. The molecule has 0 aliphatic heterocycles. The molecular weight excluding hydrogens is 240 g/mol. The molecule has 2 aliphatic rings. The van der Waals surface area contributed by atoms with Gasteiger partial charge in [0.25, 0.3) is 0 Å². The molecule has 0 saturated heterocycles. The molecule has 3 nitrogen and oxygen atoms in total. The van der Waals surface area contributed by atoms with Crippen LogP contribution in [0.4, 0.5) is 0 Å². The van der Waals surface area contributed by atoms with Crippen LogP contribution < -0.4 is 0 Å². The first-order chi connectivity index (χ1) is 9.02. The molecule has 1 saturated carbocycles. The average molecular weight is 262 g/mol. The smallest absolute Gasteiger partial charge is 0.311 e. The first kappa shape index (κ1) is 12.8. The Balaban J connectivity index is 2.06. The predicted molar refractivity (Wildman–Crippen MR) is 71.8 cm³/mol. The standard InChI is InChI=1S/C16H22O3/c1-15-8-4-9-16(2,14(17)18-3)13(15)6-5-12-11(15)7-10-19-12/h7,10,13H,4-6,8-9H2,1-3H3/t13-,15-,16+/m1/s1. The van der Waals surface area contributed by atoms with Gasteiger partial charge in [-0.15, -0.1) is 0 Å². The highest BCUT2D eigenvalue weighted by atomic mass is 16.5. The third-order valence-corrected chi connectivity index (χ3v) is 5.60. The Hall–Kier alpha value is -1.25. The maximum Gasteiger partial charge on any atom is 0.311 e. The highest BCUT2D eigenvalue weighted by Crippen LogP contribution is 2.57. The van der Waals surface area contributed by atoms with Crippen LogP contribution in [-0.2, 0) is 21.4 Å². The molecule has 19 heavy (non-hydrogen) atoms. The zero-order valence-electron chi connectivity index (χ0n) is 12.0. The number of carbonyl (C=O) groups is 1. The fraction of sp³-hybridized carbons (Fsp3) is 0.688. The SMILES string of the molecule is COC(=O)[C@@]1(C)CCC[C@]2(C)c3ccoc3CC[C@@H]12. The van der Waals surface area contributed by atoms with Crippen LogP contribution in [0, 0.1) is 11.3 Å². The van der Waals surface area contributed by atoms with Crippen molar-refractivity contribution in [2.75, 3.05) is 7.11 Å². The number of furan rings is 1. The van der Waals surface area contributed by atoms with Gasteiger partial charge in [0.2, 0.25) is 0 Å². The number of hydrogen-bond donors (Lipinski definition) is 0. The summed E-state index contributed by atoms with van der Waals surface area (Å²) in [6, 6.07) is 2.10. The van der Waals surface area contributed by atoms with Gasteiger partial charge in [0, 0.05) is 6.42 Å². The quantitative estimate of drug-likeness (QED) is 0.728. The Morgan fingerprint density at radius 3 is 2.95 bits per heavy atom. The molecule has 0 aromatic carbocycles. The minimum Gasteiger partial charge on any atom is -0.469 e. The van der Waals surface area contributed by atoms with E-state index < -0.39 is 0 Å². The fourth-order valence-electron chi connectivity index (χ4n) is 4.63. The molecule has 0 unspecified atom stereocenters. The number of fused-ring (bicyclic) bond motifs is 3. The van der Waals surface area contributed by atoms with E-state index in [1.54, 1.807) is 6.26 Å². The van der Waals surface area contributed by atoms with E-state index in [2.05, 4.69) is 19.9 Å². The van der Waals surface area contributed by atoms with Gasteiger partial charge in [-0.2, -0.15) is 0 Å².